The highest BCUT2D eigenvalue weighted by atomic mass is 27.2. The Hall–Kier alpha value is -0.408. The standard InChI is InChI=1S/C4H6O3.2C2H5O.Al/c1-3(5)7-4(2)6;2*1-2-3;/h1-2H3;2*2H2,1H3;/q;2*-1;+2. The van der Waals surface area contributed by atoms with Crippen molar-refractivity contribution in [3.8, 4) is 0 Å². The van der Waals surface area contributed by atoms with E-state index in [1.54, 1.807) is 0 Å². The lowest BCUT2D eigenvalue weighted by Gasteiger charge is -1.95. The summed E-state index contributed by atoms with van der Waals surface area (Å²) in [4.78, 5) is 19.6. The number of hydrogen-bond acceptors (Lipinski definition) is 5. The van der Waals surface area contributed by atoms with Crippen LogP contribution in [-0.4, -0.2) is 41.0 Å². The Morgan fingerprint density at radius 2 is 1.36 bits per heavy atom. The summed E-state index contributed by atoms with van der Waals surface area (Å²) in [5.41, 5.74) is 0. The first-order valence-electron chi connectivity index (χ1n) is 4.28. The van der Waals surface area contributed by atoms with Gasteiger partial charge in [-0.2, -0.15) is 0 Å². The van der Waals surface area contributed by atoms with E-state index in [-0.39, 0.29) is 15.9 Å². The Morgan fingerprint density at radius 1 is 1.00 bits per heavy atom. The molecule has 0 heterocycles. The first-order chi connectivity index (χ1) is 6.54. The third-order valence-electron chi connectivity index (χ3n) is 0.757. The molecule has 0 aromatic rings. The fourth-order valence-electron chi connectivity index (χ4n) is 0.387. The molecule has 0 N–H and O–H groups in total. The van der Waals surface area contributed by atoms with Gasteiger partial charge in [-0.15, -0.1) is 0 Å². The molecule has 0 bridgehead atoms. The summed E-state index contributed by atoms with van der Waals surface area (Å²) in [6.45, 7) is 7.84. The average Bonchev–Trinajstić information content (AvgIpc) is 2.04. The summed E-state index contributed by atoms with van der Waals surface area (Å²) in [7, 11) is 0. The minimum Gasteiger partial charge on any atom is -0.484 e. The molecule has 6 heteroatoms. The lowest BCUT2D eigenvalue weighted by Crippen LogP contribution is -2.03. The summed E-state index contributed by atoms with van der Waals surface area (Å²) in [6.07, 6.45) is 0. The molecule has 0 saturated carbocycles. The summed E-state index contributed by atoms with van der Waals surface area (Å²) < 4.78 is 13.8. The number of ether oxygens (including phenoxy) is 1. The van der Waals surface area contributed by atoms with Crippen molar-refractivity contribution < 1.29 is 21.9 Å². The van der Waals surface area contributed by atoms with Crippen molar-refractivity contribution in [3.63, 3.8) is 0 Å². The molecule has 0 aliphatic heterocycles. The summed E-state index contributed by atoms with van der Waals surface area (Å²) in [5.74, 6) is -1.12. The fourth-order valence-corrected chi connectivity index (χ4v) is 0.755. The lowest BCUT2D eigenvalue weighted by atomic mass is 10.7. The topological polar surface area (TPSA) is 61.8 Å². The zero-order chi connectivity index (χ0) is 11.4. The van der Waals surface area contributed by atoms with E-state index in [4.69, 9.17) is 7.58 Å². The van der Waals surface area contributed by atoms with Gasteiger partial charge in [-0.1, -0.05) is 0 Å². The Kier molecular flexibility index (Phi) is 14.4. The van der Waals surface area contributed by atoms with E-state index < -0.39 is 11.9 Å². The number of carbonyl (C=O) groups excluding carboxylic acids is 2. The first-order valence-corrected chi connectivity index (χ1v) is 5.22. The van der Waals surface area contributed by atoms with Gasteiger partial charge in [0.1, 0.15) is 0 Å². The van der Waals surface area contributed by atoms with E-state index in [0.717, 1.165) is 13.2 Å². The molecule has 5 nitrogen and oxygen atoms in total. The normalized spacial score (nSPS) is 8.29. The summed E-state index contributed by atoms with van der Waals surface area (Å²) >= 11 is -0.178. The number of carbonyl (C=O) groups is 2. The third-order valence-corrected chi connectivity index (χ3v) is 1.70. The van der Waals surface area contributed by atoms with Crippen LogP contribution in [0.15, 0.2) is 0 Å². The highest BCUT2D eigenvalue weighted by molar-refractivity contribution is 6.17. The molecule has 0 spiro atoms. The van der Waals surface area contributed by atoms with Crippen molar-refractivity contribution in [2.75, 3.05) is 13.2 Å². The van der Waals surface area contributed by atoms with E-state index in [2.05, 4.69) is 4.74 Å². The third kappa shape index (κ3) is 22.6. The molecule has 0 aromatic heterocycles. The maximum absolute atomic E-state index is 9.81. The molecule has 14 heavy (non-hydrogen) atoms. The maximum Gasteiger partial charge on any atom is 0.668 e. The summed E-state index contributed by atoms with van der Waals surface area (Å²) in [5, 5.41) is 0. The van der Waals surface area contributed by atoms with E-state index >= 15 is 0 Å². The van der Waals surface area contributed by atoms with E-state index in [1.165, 1.54) is 13.8 Å². The van der Waals surface area contributed by atoms with Gasteiger partial charge < -0.3 is 12.3 Å². The Bertz CT molecular complexity index is 144. The summed E-state index contributed by atoms with van der Waals surface area (Å²) in [6, 6.07) is 0. The van der Waals surface area contributed by atoms with Crippen molar-refractivity contribution in [1.82, 2.24) is 0 Å². The van der Waals surface area contributed by atoms with E-state index in [9.17, 15) is 9.59 Å². The molecule has 0 atom stereocenters. The van der Waals surface area contributed by atoms with Gasteiger partial charge >= 0.3 is 27.8 Å². The molecular formula is C8H16AlO5. The van der Waals surface area contributed by atoms with Crippen LogP contribution in [0, 0.1) is 0 Å². The zero-order valence-corrected chi connectivity index (χ0v) is 10.2. The molecule has 0 aliphatic rings. The Morgan fingerprint density at radius 3 is 1.50 bits per heavy atom. The molecular weight excluding hydrogens is 203 g/mol. The lowest BCUT2D eigenvalue weighted by molar-refractivity contribution is -0.156. The maximum atomic E-state index is 9.81. The largest absolute Gasteiger partial charge is 0.668 e. The van der Waals surface area contributed by atoms with Crippen LogP contribution in [0.25, 0.3) is 0 Å². The monoisotopic (exact) mass is 219 g/mol. The van der Waals surface area contributed by atoms with Crippen LogP contribution in [0.5, 0.6) is 0 Å². The minimum absolute atomic E-state index is 0.178. The van der Waals surface area contributed by atoms with Crippen LogP contribution in [0.1, 0.15) is 27.7 Å². The van der Waals surface area contributed by atoms with E-state index in [0.29, 0.717) is 0 Å². The van der Waals surface area contributed by atoms with Crippen molar-refractivity contribution in [3.05, 3.63) is 0 Å². The quantitative estimate of drug-likeness (QED) is 0.301. The van der Waals surface area contributed by atoms with Gasteiger partial charge in [0.05, 0.1) is 0 Å². The number of rotatable bonds is 4. The van der Waals surface area contributed by atoms with Gasteiger partial charge in [-0.3, -0.25) is 9.59 Å². The van der Waals surface area contributed by atoms with Crippen LogP contribution in [0.3, 0.4) is 0 Å². The van der Waals surface area contributed by atoms with Crippen molar-refractivity contribution >= 4 is 27.8 Å². The second kappa shape index (κ2) is 12.6. The van der Waals surface area contributed by atoms with Gasteiger partial charge in [0.15, 0.2) is 0 Å². The molecule has 0 amide bonds. The molecule has 81 valence electrons. The minimum atomic E-state index is -0.562. The molecule has 0 aliphatic carbocycles. The van der Waals surface area contributed by atoms with Crippen LogP contribution in [0.4, 0.5) is 0 Å². The van der Waals surface area contributed by atoms with Gasteiger partial charge in [0.2, 0.25) is 0 Å². The molecule has 0 fully saturated rings. The second-order valence-corrected chi connectivity index (χ2v) is 2.95. The van der Waals surface area contributed by atoms with Crippen LogP contribution >= 0.6 is 0 Å². The van der Waals surface area contributed by atoms with Crippen LogP contribution < -0.4 is 0 Å². The van der Waals surface area contributed by atoms with Gasteiger partial charge in [-0.25, -0.2) is 0 Å². The Balaban J connectivity index is 0. The SMILES string of the molecule is CC(=O)OC(C)=O.CC[O][Al][O]CC. The highest BCUT2D eigenvalue weighted by Crippen LogP contribution is 1.73. The number of hydrogen-bond donors (Lipinski definition) is 0. The second-order valence-electron chi connectivity index (χ2n) is 2.09. The van der Waals surface area contributed by atoms with Gasteiger partial charge in [0.25, 0.3) is 0 Å². The van der Waals surface area contributed by atoms with Crippen LogP contribution in [-0.2, 0) is 21.9 Å². The predicted octanol–water partition coefficient (Wildman–Crippen LogP) is 0.690. The van der Waals surface area contributed by atoms with Crippen molar-refractivity contribution in [2.45, 2.75) is 27.7 Å². The highest BCUT2D eigenvalue weighted by Gasteiger charge is 1.93. The predicted molar refractivity (Wildman–Crippen MR) is 51.5 cm³/mol. The smallest absolute Gasteiger partial charge is 0.484 e. The van der Waals surface area contributed by atoms with Crippen molar-refractivity contribution in [2.24, 2.45) is 0 Å². The van der Waals surface area contributed by atoms with E-state index in [1.807, 2.05) is 13.8 Å². The molecule has 0 unspecified atom stereocenters. The van der Waals surface area contributed by atoms with Gasteiger partial charge in [-0.05, 0) is 13.8 Å². The molecule has 1 radical (unpaired) electrons. The van der Waals surface area contributed by atoms with Crippen molar-refractivity contribution in [1.29, 1.82) is 0 Å². The van der Waals surface area contributed by atoms with Gasteiger partial charge in [0, 0.05) is 27.1 Å². The fraction of sp³-hybridized carbons (Fsp3) is 0.750. The number of esters is 2. The average molecular weight is 219 g/mol. The molecule has 0 saturated heterocycles. The first kappa shape index (κ1) is 16.0. The Labute approximate surface area is 91.1 Å². The zero-order valence-electron chi connectivity index (χ0n) is 9.03. The molecule has 0 rings (SSSR count). The molecule has 0 aromatic carbocycles. The van der Waals surface area contributed by atoms with Crippen LogP contribution in [0.2, 0.25) is 0 Å².